The van der Waals surface area contributed by atoms with Gasteiger partial charge in [0.2, 0.25) is 0 Å². The zero-order chi connectivity index (χ0) is 45.0. The summed E-state index contributed by atoms with van der Waals surface area (Å²) in [6, 6.07) is 85.5. The van der Waals surface area contributed by atoms with Gasteiger partial charge in [0, 0.05) is 0 Å². The molecule has 0 nitrogen and oxygen atoms in total. The van der Waals surface area contributed by atoms with Crippen molar-refractivity contribution in [3.8, 4) is 44.5 Å². The van der Waals surface area contributed by atoms with E-state index >= 15 is 0 Å². The Hall–Kier alpha value is -8.32. The summed E-state index contributed by atoms with van der Waals surface area (Å²) in [6.07, 6.45) is 9.26. The third-order valence-corrected chi connectivity index (χ3v) is 14.6. The molecule has 0 heteroatoms. The molecule has 1 aliphatic carbocycles. The van der Waals surface area contributed by atoms with Gasteiger partial charge in [-0.3, -0.25) is 0 Å². The molecule has 1 aliphatic rings. The molecule has 0 bridgehead atoms. The molecular formula is C68H48. The molecule has 0 unspecified atom stereocenters. The fraction of sp³-hybridized carbons (Fsp3) is 0.0588. The molecule has 0 N–H and O–H groups in total. The first kappa shape index (κ1) is 40.0. The maximum Gasteiger partial charge on any atom is -0.00262 e. The minimum atomic E-state index is 1.10. The van der Waals surface area contributed by atoms with Gasteiger partial charge in [0.15, 0.2) is 0 Å². The second-order valence-corrected chi connectivity index (χ2v) is 18.7. The lowest BCUT2D eigenvalue weighted by Gasteiger charge is -2.19. The topological polar surface area (TPSA) is 0 Å². The zero-order valence-electron chi connectivity index (χ0n) is 37.9. The van der Waals surface area contributed by atoms with Crippen LogP contribution in [0.2, 0.25) is 0 Å². The van der Waals surface area contributed by atoms with Crippen LogP contribution in [0.1, 0.15) is 36.8 Å². The van der Waals surface area contributed by atoms with Crippen LogP contribution in [0.5, 0.6) is 0 Å². The normalized spacial score (nSPS) is 13.0. The molecule has 0 aliphatic heterocycles. The third kappa shape index (κ3) is 7.09. The van der Waals surface area contributed by atoms with Gasteiger partial charge in [0.05, 0.1) is 0 Å². The van der Waals surface area contributed by atoms with E-state index in [2.05, 4.69) is 243 Å². The Morgan fingerprint density at radius 3 is 0.779 bits per heavy atom. The van der Waals surface area contributed by atoms with Gasteiger partial charge in [0.25, 0.3) is 0 Å². The molecule has 320 valence electrons. The Morgan fingerprint density at radius 1 is 0.221 bits per heavy atom. The summed E-state index contributed by atoms with van der Waals surface area (Å²) >= 11 is 0. The van der Waals surface area contributed by atoms with E-state index in [9.17, 15) is 0 Å². The fourth-order valence-corrected chi connectivity index (χ4v) is 11.3. The summed E-state index contributed by atoms with van der Waals surface area (Å²) in [7, 11) is 0. The number of fused-ring (bicyclic) bond motifs is 6. The Bertz CT molecular complexity index is 3600. The lowest BCUT2D eigenvalue weighted by atomic mass is 9.85. The lowest BCUT2D eigenvalue weighted by molar-refractivity contribution is 0.739. The van der Waals surface area contributed by atoms with Gasteiger partial charge in [0.1, 0.15) is 0 Å². The Labute approximate surface area is 397 Å². The maximum atomic E-state index is 2.44. The highest BCUT2D eigenvalue weighted by molar-refractivity contribution is 6.23. The van der Waals surface area contributed by atoms with Crippen LogP contribution < -0.4 is 0 Å². The number of hydrogen-bond acceptors (Lipinski definition) is 0. The molecule has 0 radical (unpaired) electrons. The fourth-order valence-electron chi connectivity index (χ4n) is 11.3. The standard InChI is InChI=1S/C68H48/c1-3-15-53-43-55(39-37-49(53)13-1)67-61-21-9-5-17-57(61)65(58-18-6-10-22-62(58)67)51-33-29-47(30-34-51)41-45-25-27-46(28-26-45)42-48-31-35-52(36-32-48)66-59-19-7-11-23-63(59)68(64-24-12-8-20-60(64)66)56-40-38-50-14-2-4-16-54(50)44-56/h1-24,29-44H,25-28H2. The first-order chi connectivity index (χ1) is 33.7. The van der Waals surface area contributed by atoms with Crippen molar-refractivity contribution in [3.63, 3.8) is 0 Å². The van der Waals surface area contributed by atoms with Crippen LogP contribution in [0.15, 0.2) is 242 Å². The van der Waals surface area contributed by atoms with Crippen LogP contribution >= 0.6 is 0 Å². The average Bonchev–Trinajstić information content (AvgIpc) is 3.40. The van der Waals surface area contributed by atoms with Crippen molar-refractivity contribution >= 4 is 76.8 Å². The largest absolute Gasteiger partial charge is 0.0690 e. The Morgan fingerprint density at radius 2 is 0.471 bits per heavy atom. The van der Waals surface area contributed by atoms with E-state index in [1.807, 2.05) is 0 Å². The van der Waals surface area contributed by atoms with E-state index in [1.165, 1.54) is 131 Å². The summed E-state index contributed by atoms with van der Waals surface area (Å²) in [5.41, 5.74) is 15.8. The quantitative estimate of drug-likeness (QED) is 0.146. The van der Waals surface area contributed by atoms with Crippen molar-refractivity contribution in [2.75, 3.05) is 0 Å². The summed E-state index contributed by atoms with van der Waals surface area (Å²) < 4.78 is 0. The van der Waals surface area contributed by atoms with Gasteiger partial charge in [-0.05, 0) is 158 Å². The zero-order valence-corrected chi connectivity index (χ0v) is 37.9. The molecule has 0 spiro atoms. The predicted octanol–water partition coefficient (Wildman–Crippen LogP) is 19.3. The van der Waals surface area contributed by atoms with Gasteiger partial charge in [-0.25, -0.2) is 0 Å². The molecule has 0 saturated heterocycles. The van der Waals surface area contributed by atoms with Crippen LogP contribution in [0.25, 0.3) is 121 Å². The van der Waals surface area contributed by atoms with E-state index in [0.29, 0.717) is 0 Å². The Kier molecular flexibility index (Phi) is 9.90. The molecule has 12 aromatic carbocycles. The van der Waals surface area contributed by atoms with E-state index in [1.54, 1.807) is 0 Å². The monoisotopic (exact) mass is 864 g/mol. The highest BCUT2D eigenvalue weighted by Crippen LogP contribution is 2.46. The van der Waals surface area contributed by atoms with Gasteiger partial charge >= 0.3 is 0 Å². The van der Waals surface area contributed by atoms with Crippen molar-refractivity contribution in [1.29, 1.82) is 0 Å². The van der Waals surface area contributed by atoms with E-state index in [4.69, 9.17) is 0 Å². The van der Waals surface area contributed by atoms with Crippen molar-refractivity contribution < 1.29 is 0 Å². The highest BCUT2D eigenvalue weighted by Gasteiger charge is 2.19. The van der Waals surface area contributed by atoms with Gasteiger partial charge in [-0.2, -0.15) is 0 Å². The Balaban J connectivity index is 0.758. The lowest BCUT2D eigenvalue weighted by Crippen LogP contribution is -1.97. The van der Waals surface area contributed by atoms with Crippen LogP contribution in [-0.4, -0.2) is 0 Å². The van der Waals surface area contributed by atoms with Crippen LogP contribution in [0, 0.1) is 0 Å². The molecular weight excluding hydrogens is 817 g/mol. The van der Waals surface area contributed by atoms with E-state index < -0.39 is 0 Å². The molecule has 12 aromatic rings. The van der Waals surface area contributed by atoms with Crippen LogP contribution in [0.4, 0.5) is 0 Å². The molecule has 0 atom stereocenters. The first-order valence-corrected chi connectivity index (χ1v) is 24.2. The number of benzene rings is 12. The van der Waals surface area contributed by atoms with Crippen molar-refractivity contribution in [2.45, 2.75) is 25.7 Å². The molecule has 13 rings (SSSR count). The van der Waals surface area contributed by atoms with Crippen LogP contribution in [-0.2, 0) is 0 Å². The summed E-state index contributed by atoms with van der Waals surface area (Å²) in [5.74, 6) is 0. The summed E-state index contributed by atoms with van der Waals surface area (Å²) in [6.45, 7) is 0. The van der Waals surface area contributed by atoms with Crippen LogP contribution in [0.3, 0.4) is 0 Å². The van der Waals surface area contributed by atoms with E-state index in [-0.39, 0.29) is 0 Å². The smallest absolute Gasteiger partial charge is 0.00262 e. The van der Waals surface area contributed by atoms with Crippen molar-refractivity contribution in [2.24, 2.45) is 0 Å². The predicted molar refractivity (Wildman–Crippen MR) is 294 cm³/mol. The molecule has 0 amide bonds. The summed E-state index contributed by atoms with van der Waals surface area (Å²) in [4.78, 5) is 0. The molecule has 68 heavy (non-hydrogen) atoms. The minimum Gasteiger partial charge on any atom is -0.0690 e. The highest BCUT2D eigenvalue weighted by atomic mass is 14.2. The second-order valence-electron chi connectivity index (χ2n) is 18.7. The minimum absolute atomic E-state index is 1.10. The number of allylic oxidation sites excluding steroid dienone is 2. The molecule has 0 heterocycles. The second kappa shape index (κ2) is 16.8. The average molecular weight is 865 g/mol. The van der Waals surface area contributed by atoms with Crippen molar-refractivity contribution in [1.82, 2.24) is 0 Å². The molecule has 0 aromatic heterocycles. The third-order valence-electron chi connectivity index (χ3n) is 14.6. The van der Waals surface area contributed by atoms with Gasteiger partial charge in [-0.15, -0.1) is 0 Å². The SMILES string of the molecule is C(=C1CCC(=Cc2ccc(-c3c4ccccc4c(-c4ccc5ccccc5c4)c4ccccc34)cc2)CC1)c1ccc(-c2c3ccccc3c(-c3ccc4ccccc4c3)c3ccccc23)cc1. The maximum absolute atomic E-state index is 2.44. The molecule has 1 fully saturated rings. The molecule has 1 saturated carbocycles. The number of hydrogen-bond donors (Lipinski definition) is 0. The number of rotatable bonds is 6. The van der Waals surface area contributed by atoms with Crippen molar-refractivity contribution in [3.05, 3.63) is 253 Å². The van der Waals surface area contributed by atoms with Gasteiger partial charge < -0.3 is 0 Å². The summed E-state index contributed by atoms with van der Waals surface area (Å²) in [5, 5.41) is 15.4. The van der Waals surface area contributed by atoms with Gasteiger partial charge in [-0.1, -0.05) is 242 Å². The first-order valence-electron chi connectivity index (χ1n) is 24.2. The van der Waals surface area contributed by atoms with E-state index in [0.717, 1.165) is 25.7 Å².